The first-order valence-corrected chi connectivity index (χ1v) is 10.6. The molecule has 1 saturated heterocycles. The van der Waals surface area contributed by atoms with Gasteiger partial charge in [-0.1, -0.05) is 6.07 Å². The Morgan fingerprint density at radius 3 is 2.50 bits per heavy atom. The molecule has 2 aromatic rings. The van der Waals surface area contributed by atoms with E-state index in [0.29, 0.717) is 30.3 Å². The number of rotatable bonds is 5. The minimum absolute atomic E-state index is 0.172. The Morgan fingerprint density at radius 2 is 1.80 bits per heavy atom. The molecule has 1 atom stereocenters. The lowest BCUT2D eigenvalue weighted by Gasteiger charge is -2.25. The smallest absolute Gasteiger partial charge is 0.325 e. The number of nitrogens with one attached hydrogen (secondary N) is 1. The van der Waals surface area contributed by atoms with Crippen LogP contribution in [0.25, 0.3) is 0 Å². The van der Waals surface area contributed by atoms with Gasteiger partial charge in [-0.2, -0.15) is 0 Å². The molecule has 1 aromatic heterocycles. The summed E-state index contributed by atoms with van der Waals surface area (Å²) in [5, 5.41) is 2.44. The lowest BCUT2D eigenvalue weighted by atomic mass is 9.91. The number of urea groups is 1. The summed E-state index contributed by atoms with van der Waals surface area (Å²) in [4.78, 5) is 26.7. The lowest BCUT2D eigenvalue weighted by molar-refractivity contribution is -0.131. The monoisotopic (exact) mass is 435 g/mol. The lowest BCUT2D eigenvalue weighted by Crippen LogP contribution is -2.40. The molecule has 0 saturated carbocycles. The van der Waals surface area contributed by atoms with E-state index in [1.165, 1.54) is 26.2 Å². The van der Waals surface area contributed by atoms with Crippen molar-refractivity contribution in [3.05, 3.63) is 41.7 Å². The zero-order chi connectivity index (χ0) is 21.7. The van der Waals surface area contributed by atoms with E-state index in [9.17, 15) is 18.0 Å². The molecule has 0 spiro atoms. The van der Waals surface area contributed by atoms with Crippen LogP contribution >= 0.6 is 0 Å². The highest BCUT2D eigenvalue weighted by molar-refractivity contribution is 7.88. The van der Waals surface area contributed by atoms with Crippen LogP contribution < -0.4 is 14.8 Å². The van der Waals surface area contributed by atoms with Gasteiger partial charge in [0.25, 0.3) is 15.9 Å². The zero-order valence-electron chi connectivity index (χ0n) is 16.7. The molecule has 1 N–H and O–H groups in total. The van der Waals surface area contributed by atoms with Gasteiger partial charge in [0.1, 0.15) is 24.5 Å². The molecule has 160 valence electrons. The molecule has 10 nitrogen and oxygen atoms in total. The maximum absolute atomic E-state index is 13.1. The number of fused-ring (bicyclic) bond motifs is 1. The van der Waals surface area contributed by atoms with Gasteiger partial charge in [-0.15, -0.1) is 0 Å². The maximum atomic E-state index is 13.1. The zero-order valence-corrected chi connectivity index (χ0v) is 17.5. The van der Waals surface area contributed by atoms with Crippen molar-refractivity contribution < 1.29 is 31.9 Å². The van der Waals surface area contributed by atoms with E-state index in [1.807, 2.05) is 0 Å². The number of hydrogen-bond donors (Lipinski definition) is 1. The molecule has 3 amide bonds. The summed E-state index contributed by atoms with van der Waals surface area (Å²) >= 11 is 0. The molecule has 11 heteroatoms. The summed E-state index contributed by atoms with van der Waals surface area (Å²) in [6.45, 7) is 2.24. The van der Waals surface area contributed by atoms with Crippen LogP contribution in [0.1, 0.15) is 18.2 Å². The molecular formula is C19H21N3O7S. The van der Waals surface area contributed by atoms with E-state index in [2.05, 4.69) is 5.32 Å². The number of carbonyl (C=O) groups excluding carboxylic acids is 2. The van der Waals surface area contributed by atoms with E-state index >= 15 is 0 Å². The number of furan rings is 1. The van der Waals surface area contributed by atoms with E-state index in [0.717, 1.165) is 9.21 Å². The molecule has 2 aliphatic heterocycles. The Kier molecular flexibility index (Phi) is 4.74. The van der Waals surface area contributed by atoms with Crippen molar-refractivity contribution in [1.82, 2.24) is 14.5 Å². The fourth-order valence-corrected chi connectivity index (χ4v) is 4.12. The standard InChI is InChI=1S/C19H21N3O7S/c1-19(12-4-6-14-15(10-12)28-9-8-27-14)17(23)22(18(24)20-19)11-13-5-7-16(29-13)30(25,26)21(2)3/h4-7,10H,8-9,11H2,1-3H3,(H,20,24)/t19-/m1/s1. The van der Waals surface area contributed by atoms with Crippen LogP contribution in [0.15, 0.2) is 39.8 Å². The summed E-state index contributed by atoms with van der Waals surface area (Å²) < 4.78 is 41.8. The van der Waals surface area contributed by atoms with Crippen LogP contribution in [0.2, 0.25) is 0 Å². The number of amides is 3. The fourth-order valence-electron chi connectivity index (χ4n) is 3.31. The van der Waals surface area contributed by atoms with E-state index in [1.54, 1.807) is 25.1 Å². The minimum Gasteiger partial charge on any atom is -0.486 e. The molecule has 30 heavy (non-hydrogen) atoms. The Labute approximate surface area is 173 Å². The van der Waals surface area contributed by atoms with Crippen molar-refractivity contribution in [1.29, 1.82) is 0 Å². The van der Waals surface area contributed by atoms with Gasteiger partial charge in [-0.25, -0.2) is 17.5 Å². The first kappa shape index (κ1) is 20.2. The van der Waals surface area contributed by atoms with Crippen LogP contribution in [-0.2, 0) is 26.9 Å². The summed E-state index contributed by atoms with van der Waals surface area (Å²) in [6.07, 6.45) is 0. The average Bonchev–Trinajstić information content (AvgIpc) is 3.27. The third-order valence-electron chi connectivity index (χ3n) is 5.08. The van der Waals surface area contributed by atoms with Crippen LogP contribution in [0.4, 0.5) is 4.79 Å². The SMILES string of the molecule is CN(C)S(=O)(=O)c1ccc(CN2C(=O)N[C@](C)(c3ccc4c(c3)OCCO4)C2=O)o1. The quantitative estimate of drug-likeness (QED) is 0.703. The highest BCUT2D eigenvalue weighted by Crippen LogP contribution is 2.37. The predicted octanol–water partition coefficient (Wildman–Crippen LogP) is 1.27. The Bertz CT molecular complexity index is 1120. The second kappa shape index (κ2) is 7.03. The second-order valence-corrected chi connectivity index (χ2v) is 9.40. The molecule has 3 heterocycles. The molecule has 2 aliphatic rings. The molecule has 0 aliphatic carbocycles. The first-order valence-electron chi connectivity index (χ1n) is 9.18. The van der Waals surface area contributed by atoms with Crippen LogP contribution in [0.5, 0.6) is 11.5 Å². The number of sulfonamides is 1. The number of benzene rings is 1. The summed E-state index contributed by atoms with van der Waals surface area (Å²) in [7, 11) is -0.989. The number of hydrogen-bond acceptors (Lipinski definition) is 7. The van der Waals surface area contributed by atoms with E-state index < -0.39 is 27.5 Å². The molecule has 0 radical (unpaired) electrons. The van der Waals surface area contributed by atoms with Crippen molar-refractivity contribution >= 4 is 22.0 Å². The molecular weight excluding hydrogens is 414 g/mol. The Balaban J connectivity index is 1.58. The number of imide groups is 1. The average molecular weight is 435 g/mol. The van der Waals surface area contributed by atoms with Gasteiger partial charge >= 0.3 is 6.03 Å². The Hall–Kier alpha value is -3.05. The minimum atomic E-state index is -3.75. The van der Waals surface area contributed by atoms with Crippen molar-refractivity contribution in [2.75, 3.05) is 27.3 Å². The highest BCUT2D eigenvalue weighted by atomic mass is 32.2. The second-order valence-electron chi connectivity index (χ2n) is 7.31. The maximum Gasteiger partial charge on any atom is 0.325 e. The van der Waals surface area contributed by atoms with Crippen molar-refractivity contribution in [2.24, 2.45) is 0 Å². The van der Waals surface area contributed by atoms with Crippen molar-refractivity contribution in [3.63, 3.8) is 0 Å². The number of nitrogens with zero attached hydrogens (tertiary/aromatic N) is 2. The number of carbonyl (C=O) groups is 2. The summed E-state index contributed by atoms with van der Waals surface area (Å²) in [5.41, 5.74) is -0.763. The van der Waals surface area contributed by atoms with Gasteiger partial charge in [-0.05, 0) is 36.8 Å². The third-order valence-corrected chi connectivity index (χ3v) is 6.77. The van der Waals surface area contributed by atoms with Gasteiger partial charge in [0.2, 0.25) is 5.09 Å². The summed E-state index contributed by atoms with van der Waals surface area (Å²) in [6, 6.07) is 7.18. The number of ether oxygens (including phenoxy) is 2. The predicted molar refractivity (Wildman–Crippen MR) is 103 cm³/mol. The van der Waals surface area contributed by atoms with E-state index in [4.69, 9.17) is 13.9 Å². The van der Waals surface area contributed by atoms with Gasteiger partial charge in [-0.3, -0.25) is 9.69 Å². The molecule has 4 rings (SSSR count). The largest absolute Gasteiger partial charge is 0.486 e. The molecule has 0 bridgehead atoms. The van der Waals surface area contributed by atoms with Gasteiger partial charge in [0.05, 0.1) is 6.54 Å². The van der Waals surface area contributed by atoms with Crippen LogP contribution in [0.3, 0.4) is 0 Å². The van der Waals surface area contributed by atoms with Crippen molar-refractivity contribution in [3.8, 4) is 11.5 Å². The molecule has 1 fully saturated rings. The van der Waals surface area contributed by atoms with E-state index in [-0.39, 0.29) is 17.4 Å². The topological polar surface area (TPSA) is 118 Å². The molecule has 0 unspecified atom stereocenters. The highest BCUT2D eigenvalue weighted by Gasteiger charge is 2.49. The molecule has 1 aromatic carbocycles. The Morgan fingerprint density at radius 1 is 1.10 bits per heavy atom. The third kappa shape index (κ3) is 3.19. The van der Waals surface area contributed by atoms with Gasteiger partial charge < -0.3 is 19.2 Å². The normalized spacial score (nSPS) is 21.3. The van der Waals surface area contributed by atoms with Crippen LogP contribution in [-0.4, -0.2) is 56.9 Å². The van der Waals surface area contributed by atoms with Gasteiger partial charge in [0.15, 0.2) is 11.5 Å². The summed E-state index contributed by atoms with van der Waals surface area (Å²) in [5.74, 6) is 0.764. The van der Waals surface area contributed by atoms with Gasteiger partial charge in [0, 0.05) is 14.1 Å². The van der Waals surface area contributed by atoms with Crippen molar-refractivity contribution in [2.45, 2.75) is 24.1 Å². The fraction of sp³-hybridized carbons (Fsp3) is 0.368. The van der Waals surface area contributed by atoms with Crippen LogP contribution in [0, 0.1) is 0 Å². The first-order chi connectivity index (χ1) is 14.1.